The van der Waals surface area contributed by atoms with Crippen molar-refractivity contribution in [2.75, 3.05) is 14.2 Å². The number of hydrogen-bond acceptors (Lipinski definition) is 4. The third kappa shape index (κ3) is 2.41. The minimum Gasteiger partial charge on any atom is -0.465 e. The van der Waals surface area contributed by atoms with Crippen LogP contribution in [0.25, 0.3) is 11.3 Å². The summed E-state index contributed by atoms with van der Waals surface area (Å²) in [5, 5.41) is 1.13. The Bertz CT molecular complexity index is 796. The fourth-order valence-electron chi connectivity index (χ4n) is 2.66. The zero-order chi connectivity index (χ0) is 16.4. The summed E-state index contributed by atoms with van der Waals surface area (Å²) in [7, 11) is 2.70. The summed E-state index contributed by atoms with van der Waals surface area (Å²) >= 11 is 0. The number of methoxy groups -OCH3 is 1. The maximum Gasteiger partial charge on any atom is 0.340 e. The molecule has 0 N–H and O–H groups in total. The van der Waals surface area contributed by atoms with Crippen LogP contribution >= 0.6 is 0 Å². The van der Waals surface area contributed by atoms with Crippen LogP contribution in [-0.4, -0.2) is 31.2 Å². The molecule has 0 atom stereocenters. The molecule has 23 heavy (non-hydrogen) atoms. The van der Waals surface area contributed by atoms with Crippen LogP contribution in [0.1, 0.15) is 21.5 Å². The predicted octanol–water partition coefficient (Wildman–Crippen LogP) is 2.75. The van der Waals surface area contributed by atoms with Crippen LogP contribution in [-0.2, 0) is 14.4 Å². The first-order chi connectivity index (χ1) is 11.2. The second-order valence-electron chi connectivity index (χ2n) is 4.91. The Hall–Kier alpha value is -2.92. The highest BCUT2D eigenvalue weighted by Gasteiger charge is 2.37. The Morgan fingerprint density at radius 3 is 2.13 bits per heavy atom. The van der Waals surface area contributed by atoms with Crippen LogP contribution in [0.3, 0.4) is 0 Å². The predicted molar refractivity (Wildman–Crippen MR) is 84.9 cm³/mol. The standard InChI is InChI=1S/C18H15NO4/c1-22-18(21)15(12-8-4-3-5-9-12)16-13-10-6-7-11-14(13)17(20)19(16)23-2/h3-11H,1-2H3/b16-15+. The van der Waals surface area contributed by atoms with E-state index in [4.69, 9.17) is 9.57 Å². The first-order valence-corrected chi connectivity index (χ1v) is 7.05. The highest BCUT2D eigenvalue weighted by molar-refractivity contribution is 6.28. The molecule has 5 nitrogen and oxygen atoms in total. The van der Waals surface area contributed by atoms with Gasteiger partial charge in [0.2, 0.25) is 0 Å². The van der Waals surface area contributed by atoms with Gasteiger partial charge in [-0.1, -0.05) is 48.5 Å². The molecular weight excluding hydrogens is 294 g/mol. The van der Waals surface area contributed by atoms with Crippen molar-refractivity contribution in [3.63, 3.8) is 0 Å². The second kappa shape index (κ2) is 6.06. The van der Waals surface area contributed by atoms with Gasteiger partial charge in [-0.05, 0) is 11.6 Å². The van der Waals surface area contributed by atoms with Gasteiger partial charge in [0.15, 0.2) is 0 Å². The monoisotopic (exact) mass is 309 g/mol. The van der Waals surface area contributed by atoms with Gasteiger partial charge in [-0.3, -0.25) is 9.63 Å². The highest BCUT2D eigenvalue weighted by atomic mass is 16.7. The minimum absolute atomic E-state index is 0.285. The Kier molecular flexibility index (Phi) is 3.95. The Morgan fingerprint density at radius 1 is 0.913 bits per heavy atom. The van der Waals surface area contributed by atoms with Crippen LogP contribution in [0.5, 0.6) is 0 Å². The van der Waals surface area contributed by atoms with Crippen LogP contribution in [0.2, 0.25) is 0 Å². The van der Waals surface area contributed by atoms with Crippen molar-refractivity contribution in [2.24, 2.45) is 0 Å². The third-order valence-electron chi connectivity index (χ3n) is 3.67. The lowest BCUT2D eigenvalue weighted by atomic mass is 9.99. The molecule has 0 fully saturated rings. The smallest absolute Gasteiger partial charge is 0.340 e. The van der Waals surface area contributed by atoms with Crippen molar-refractivity contribution >= 4 is 23.1 Å². The number of hydrogen-bond donors (Lipinski definition) is 0. The van der Waals surface area contributed by atoms with Crippen molar-refractivity contribution in [3.05, 3.63) is 71.3 Å². The quantitative estimate of drug-likeness (QED) is 0.646. The van der Waals surface area contributed by atoms with Crippen molar-refractivity contribution < 1.29 is 19.2 Å². The molecule has 0 bridgehead atoms. The number of fused-ring (bicyclic) bond motifs is 1. The van der Waals surface area contributed by atoms with Crippen molar-refractivity contribution in [1.82, 2.24) is 5.06 Å². The maximum absolute atomic E-state index is 12.5. The second-order valence-corrected chi connectivity index (χ2v) is 4.91. The Morgan fingerprint density at radius 2 is 1.52 bits per heavy atom. The summed E-state index contributed by atoms with van der Waals surface area (Å²) in [6.45, 7) is 0. The maximum atomic E-state index is 12.5. The van der Waals surface area contributed by atoms with Gasteiger partial charge in [-0.15, -0.1) is 0 Å². The van der Waals surface area contributed by atoms with E-state index in [0.717, 1.165) is 5.06 Å². The molecule has 0 aliphatic carbocycles. The first kappa shape index (κ1) is 15.0. The molecule has 0 unspecified atom stereocenters. The molecule has 0 saturated carbocycles. The molecule has 0 saturated heterocycles. The Labute approximate surface area is 133 Å². The number of rotatable bonds is 3. The molecule has 1 aliphatic rings. The zero-order valence-electron chi connectivity index (χ0n) is 12.8. The number of carbonyl (C=O) groups excluding carboxylic acids is 2. The van der Waals surface area contributed by atoms with E-state index in [9.17, 15) is 9.59 Å². The molecule has 0 aromatic heterocycles. The van der Waals surface area contributed by atoms with Gasteiger partial charge in [0.1, 0.15) is 0 Å². The van der Waals surface area contributed by atoms with E-state index >= 15 is 0 Å². The van der Waals surface area contributed by atoms with Crippen molar-refractivity contribution in [3.8, 4) is 0 Å². The molecule has 1 amide bonds. The Balaban J connectivity index is 2.34. The highest BCUT2D eigenvalue weighted by Crippen LogP contribution is 2.38. The van der Waals surface area contributed by atoms with Gasteiger partial charge in [0.05, 0.1) is 31.1 Å². The van der Waals surface area contributed by atoms with Gasteiger partial charge >= 0.3 is 5.97 Å². The number of carbonyl (C=O) groups is 2. The lowest BCUT2D eigenvalue weighted by Crippen LogP contribution is -2.23. The molecule has 0 radical (unpaired) electrons. The average molecular weight is 309 g/mol. The number of esters is 1. The molecule has 1 aliphatic heterocycles. The third-order valence-corrected chi connectivity index (χ3v) is 3.67. The fraction of sp³-hybridized carbons (Fsp3) is 0.111. The van der Waals surface area contributed by atoms with E-state index in [-0.39, 0.29) is 11.5 Å². The summed E-state index contributed by atoms with van der Waals surface area (Å²) in [5.41, 5.74) is 2.46. The molecular formula is C18H15NO4. The number of ether oxygens (including phenoxy) is 1. The topological polar surface area (TPSA) is 55.8 Å². The molecule has 3 rings (SSSR count). The summed E-state index contributed by atoms with van der Waals surface area (Å²) in [4.78, 5) is 30.1. The van der Waals surface area contributed by atoms with E-state index < -0.39 is 5.97 Å². The number of amides is 1. The van der Waals surface area contributed by atoms with E-state index in [0.29, 0.717) is 22.4 Å². The largest absolute Gasteiger partial charge is 0.465 e. The van der Waals surface area contributed by atoms with Crippen molar-refractivity contribution in [1.29, 1.82) is 0 Å². The van der Waals surface area contributed by atoms with Crippen LogP contribution in [0.4, 0.5) is 0 Å². The van der Waals surface area contributed by atoms with Gasteiger partial charge < -0.3 is 4.74 Å². The van der Waals surface area contributed by atoms with Gasteiger partial charge in [0, 0.05) is 5.56 Å². The van der Waals surface area contributed by atoms with Gasteiger partial charge in [-0.2, -0.15) is 5.06 Å². The van der Waals surface area contributed by atoms with E-state index in [1.54, 1.807) is 30.3 Å². The summed E-state index contributed by atoms with van der Waals surface area (Å²) in [5.74, 6) is -0.840. The summed E-state index contributed by atoms with van der Waals surface area (Å²) < 4.78 is 4.93. The minimum atomic E-state index is -0.530. The molecule has 0 spiro atoms. The molecule has 2 aromatic rings. The summed E-state index contributed by atoms with van der Waals surface area (Å²) in [6, 6.07) is 16.1. The molecule has 5 heteroatoms. The number of benzene rings is 2. The average Bonchev–Trinajstić information content (AvgIpc) is 2.88. The molecule has 2 aromatic carbocycles. The normalized spacial score (nSPS) is 15.4. The van der Waals surface area contributed by atoms with Crippen LogP contribution in [0.15, 0.2) is 54.6 Å². The summed E-state index contributed by atoms with van der Waals surface area (Å²) in [6.07, 6.45) is 0. The van der Waals surface area contributed by atoms with Crippen molar-refractivity contribution in [2.45, 2.75) is 0 Å². The lowest BCUT2D eigenvalue weighted by Gasteiger charge is -2.18. The van der Waals surface area contributed by atoms with E-state index in [1.165, 1.54) is 14.2 Å². The lowest BCUT2D eigenvalue weighted by molar-refractivity contribution is -0.133. The zero-order valence-corrected chi connectivity index (χ0v) is 12.8. The molecule has 1 heterocycles. The SMILES string of the molecule is COC(=O)/C(=C1\c2ccccc2C(=O)N1OC)c1ccccc1. The molecule has 116 valence electrons. The van der Waals surface area contributed by atoms with Crippen LogP contribution in [0, 0.1) is 0 Å². The van der Waals surface area contributed by atoms with Gasteiger partial charge in [0.25, 0.3) is 5.91 Å². The van der Waals surface area contributed by atoms with E-state index in [1.807, 2.05) is 24.3 Å². The van der Waals surface area contributed by atoms with E-state index in [2.05, 4.69) is 0 Å². The van der Waals surface area contributed by atoms with Crippen LogP contribution < -0.4 is 0 Å². The van der Waals surface area contributed by atoms with Gasteiger partial charge in [-0.25, -0.2) is 4.79 Å². The fourth-order valence-corrected chi connectivity index (χ4v) is 2.66. The first-order valence-electron chi connectivity index (χ1n) is 7.05. The number of nitrogens with zero attached hydrogens (tertiary/aromatic N) is 1. The number of hydroxylamine groups is 2.